The highest BCUT2D eigenvalue weighted by Crippen LogP contribution is 2.16. The lowest BCUT2D eigenvalue weighted by atomic mass is 10.1. The molecule has 0 spiro atoms. The Morgan fingerprint density at radius 3 is 2.86 bits per heavy atom. The molecule has 29 heavy (non-hydrogen) atoms. The number of benzene rings is 1. The van der Waals surface area contributed by atoms with Crippen molar-refractivity contribution in [2.45, 2.75) is 39.4 Å². The lowest BCUT2D eigenvalue weighted by molar-refractivity contribution is -0.120. The molecule has 8 heteroatoms. The summed E-state index contributed by atoms with van der Waals surface area (Å²) >= 11 is 6.04. The van der Waals surface area contributed by atoms with Gasteiger partial charge in [0.05, 0.1) is 12.1 Å². The van der Waals surface area contributed by atoms with Gasteiger partial charge in [0.25, 0.3) is 5.56 Å². The van der Waals surface area contributed by atoms with E-state index in [0.29, 0.717) is 36.6 Å². The molecule has 0 aliphatic heterocycles. The van der Waals surface area contributed by atoms with E-state index < -0.39 is 0 Å². The fraction of sp³-hybridized carbons (Fsp3) is 0.286. The molecule has 3 rings (SSSR count). The number of aromatic nitrogens is 2. The van der Waals surface area contributed by atoms with Crippen LogP contribution in [0.15, 0.2) is 52.3 Å². The quantitative estimate of drug-likeness (QED) is 0.589. The monoisotopic (exact) mass is 414 g/mol. The van der Waals surface area contributed by atoms with Gasteiger partial charge >= 0.3 is 0 Å². The fourth-order valence-corrected chi connectivity index (χ4v) is 3.27. The number of amides is 1. The molecular formula is C21H23ClN4O3. The van der Waals surface area contributed by atoms with E-state index in [2.05, 4.69) is 10.3 Å². The minimum Gasteiger partial charge on any atom is -0.451 e. The van der Waals surface area contributed by atoms with Gasteiger partial charge in [-0.15, -0.1) is 0 Å². The summed E-state index contributed by atoms with van der Waals surface area (Å²) in [6.07, 6.45) is 5.23. The van der Waals surface area contributed by atoms with Crippen LogP contribution >= 0.6 is 11.6 Å². The van der Waals surface area contributed by atoms with Crippen molar-refractivity contribution in [1.29, 1.82) is 0 Å². The number of hydrogen-bond acceptors (Lipinski definition) is 5. The minimum absolute atomic E-state index is 0.00793. The zero-order valence-electron chi connectivity index (χ0n) is 16.2. The van der Waals surface area contributed by atoms with Gasteiger partial charge < -0.3 is 20.0 Å². The van der Waals surface area contributed by atoms with Gasteiger partial charge in [-0.1, -0.05) is 17.7 Å². The summed E-state index contributed by atoms with van der Waals surface area (Å²) in [5, 5.41) is 3.44. The number of halogens is 1. The largest absolute Gasteiger partial charge is 0.451 e. The smallest absolute Gasteiger partial charge is 0.254 e. The summed E-state index contributed by atoms with van der Waals surface area (Å²) in [5.41, 5.74) is 9.39. The van der Waals surface area contributed by atoms with E-state index in [4.69, 9.17) is 21.8 Å². The van der Waals surface area contributed by atoms with Gasteiger partial charge in [-0.25, -0.2) is 4.98 Å². The molecule has 0 fully saturated rings. The highest BCUT2D eigenvalue weighted by atomic mass is 35.5. The predicted molar refractivity (Wildman–Crippen MR) is 111 cm³/mol. The van der Waals surface area contributed by atoms with Crippen LogP contribution in [-0.4, -0.2) is 15.5 Å². The summed E-state index contributed by atoms with van der Waals surface area (Å²) in [6.45, 7) is 2.95. The number of pyridine rings is 1. The SMILES string of the molecule is Cc1ccn(CCc2cocn2)c(=O)c1CC(=O)NCc1cc(Cl)ccc1CN. The first-order valence-corrected chi connectivity index (χ1v) is 9.65. The number of carbonyl (C=O) groups excluding carboxylic acids is 1. The van der Waals surface area contributed by atoms with Gasteiger partial charge in [0.2, 0.25) is 5.91 Å². The van der Waals surface area contributed by atoms with Crippen LogP contribution in [0.2, 0.25) is 5.02 Å². The molecule has 0 unspecified atom stereocenters. The van der Waals surface area contributed by atoms with E-state index in [1.165, 1.54) is 6.39 Å². The molecule has 0 saturated carbocycles. The van der Waals surface area contributed by atoms with Gasteiger partial charge in [0, 0.05) is 42.8 Å². The molecule has 1 aromatic carbocycles. The topological polar surface area (TPSA) is 103 Å². The molecule has 2 heterocycles. The van der Waals surface area contributed by atoms with Crippen molar-refractivity contribution < 1.29 is 9.21 Å². The van der Waals surface area contributed by atoms with Crippen LogP contribution in [-0.2, 0) is 37.3 Å². The van der Waals surface area contributed by atoms with Gasteiger partial charge in [-0.05, 0) is 41.8 Å². The summed E-state index contributed by atoms with van der Waals surface area (Å²) in [4.78, 5) is 29.4. The Hall–Kier alpha value is -2.90. The van der Waals surface area contributed by atoms with Crippen LogP contribution in [0.5, 0.6) is 0 Å². The Kier molecular flexibility index (Phi) is 6.85. The second-order valence-corrected chi connectivity index (χ2v) is 7.21. The Bertz CT molecular complexity index is 1040. The fourth-order valence-electron chi connectivity index (χ4n) is 3.07. The molecule has 0 saturated heterocycles. The molecule has 3 aromatic rings. The number of oxazole rings is 1. The Morgan fingerprint density at radius 2 is 2.14 bits per heavy atom. The first-order chi connectivity index (χ1) is 14.0. The lowest BCUT2D eigenvalue weighted by Gasteiger charge is -2.12. The van der Waals surface area contributed by atoms with Crippen molar-refractivity contribution >= 4 is 17.5 Å². The van der Waals surface area contributed by atoms with Gasteiger partial charge in [0.1, 0.15) is 6.26 Å². The molecule has 7 nitrogen and oxygen atoms in total. The number of carbonyl (C=O) groups is 1. The summed E-state index contributed by atoms with van der Waals surface area (Å²) in [7, 11) is 0. The van der Waals surface area contributed by atoms with E-state index in [9.17, 15) is 9.59 Å². The molecule has 0 aliphatic rings. The number of nitrogens with two attached hydrogens (primary N) is 1. The lowest BCUT2D eigenvalue weighted by Crippen LogP contribution is -2.31. The highest BCUT2D eigenvalue weighted by molar-refractivity contribution is 6.30. The van der Waals surface area contributed by atoms with Gasteiger partial charge in [0.15, 0.2) is 6.39 Å². The van der Waals surface area contributed by atoms with E-state index >= 15 is 0 Å². The molecule has 0 aliphatic carbocycles. The third-order valence-corrected chi connectivity index (χ3v) is 5.03. The van der Waals surface area contributed by atoms with Crippen LogP contribution < -0.4 is 16.6 Å². The van der Waals surface area contributed by atoms with E-state index in [1.807, 2.05) is 19.1 Å². The average Bonchev–Trinajstić information content (AvgIpc) is 3.22. The van der Waals surface area contributed by atoms with Crippen molar-refractivity contribution in [3.05, 3.63) is 86.4 Å². The second-order valence-electron chi connectivity index (χ2n) is 6.78. The molecule has 0 radical (unpaired) electrons. The standard InChI is InChI=1S/C21H23ClN4O3/c1-14-4-6-26(7-5-18-12-29-13-25-18)21(28)19(14)9-20(27)24-11-16-8-17(22)3-2-15(16)10-23/h2-4,6,8,12-13H,5,7,9-11,23H2,1H3,(H,24,27). The maximum Gasteiger partial charge on any atom is 0.254 e. The van der Waals surface area contributed by atoms with Crippen LogP contribution in [0.3, 0.4) is 0 Å². The maximum atomic E-state index is 12.8. The third-order valence-electron chi connectivity index (χ3n) is 4.79. The predicted octanol–water partition coefficient (Wildman–Crippen LogP) is 2.36. The maximum absolute atomic E-state index is 12.8. The average molecular weight is 415 g/mol. The number of nitrogens with zero attached hydrogens (tertiary/aromatic N) is 2. The molecule has 152 valence electrons. The first-order valence-electron chi connectivity index (χ1n) is 9.28. The Labute approximate surface area is 173 Å². The summed E-state index contributed by atoms with van der Waals surface area (Å²) in [6, 6.07) is 7.24. The van der Waals surface area contributed by atoms with Crippen LogP contribution in [0, 0.1) is 6.92 Å². The number of rotatable bonds is 8. The third kappa shape index (κ3) is 5.34. The van der Waals surface area contributed by atoms with Crippen molar-refractivity contribution in [2.75, 3.05) is 0 Å². The minimum atomic E-state index is -0.234. The van der Waals surface area contributed by atoms with Crippen LogP contribution in [0.25, 0.3) is 0 Å². The van der Waals surface area contributed by atoms with Crippen LogP contribution in [0.1, 0.15) is 27.9 Å². The van der Waals surface area contributed by atoms with Crippen molar-refractivity contribution in [3.8, 4) is 0 Å². The zero-order valence-corrected chi connectivity index (χ0v) is 16.9. The van der Waals surface area contributed by atoms with Gasteiger partial charge in [-0.2, -0.15) is 0 Å². The van der Waals surface area contributed by atoms with E-state index in [1.54, 1.807) is 29.2 Å². The Balaban J connectivity index is 1.67. The summed E-state index contributed by atoms with van der Waals surface area (Å²) < 4.78 is 6.54. The van der Waals surface area contributed by atoms with Gasteiger partial charge in [-0.3, -0.25) is 9.59 Å². The molecule has 1 amide bonds. The first kappa shape index (κ1) is 20.8. The molecule has 0 atom stereocenters. The van der Waals surface area contributed by atoms with Crippen molar-refractivity contribution in [2.24, 2.45) is 5.73 Å². The van der Waals surface area contributed by atoms with Crippen molar-refractivity contribution in [3.63, 3.8) is 0 Å². The van der Waals surface area contributed by atoms with Crippen LogP contribution in [0.4, 0.5) is 0 Å². The number of nitrogens with one attached hydrogen (secondary N) is 1. The second kappa shape index (κ2) is 9.54. The molecule has 0 bridgehead atoms. The van der Waals surface area contributed by atoms with E-state index in [0.717, 1.165) is 22.4 Å². The number of aryl methyl sites for hydroxylation is 3. The highest BCUT2D eigenvalue weighted by Gasteiger charge is 2.13. The molecule has 2 aromatic heterocycles. The molecule has 3 N–H and O–H groups in total. The number of hydrogen-bond donors (Lipinski definition) is 2. The Morgan fingerprint density at radius 1 is 1.31 bits per heavy atom. The summed E-state index contributed by atoms with van der Waals surface area (Å²) in [5.74, 6) is -0.234. The molecular weight excluding hydrogens is 392 g/mol. The normalized spacial score (nSPS) is 10.9. The van der Waals surface area contributed by atoms with E-state index in [-0.39, 0.29) is 17.9 Å². The zero-order chi connectivity index (χ0) is 20.8. The van der Waals surface area contributed by atoms with Crippen molar-refractivity contribution in [1.82, 2.24) is 14.9 Å².